The van der Waals surface area contributed by atoms with Crippen LogP contribution in [0.2, 0.25) is 5.02 Å². The fraction of sp³-hybridized carbons (Fsp3) is 0.0769. The van der Waals surface area contributed by atoms with Crippen molar-refractivity contribution in [1.82, 2.24) is 0 Å². The Hall–Kier alpha value is -1.04. The van der Waals surface area contributed by atoms with Crippen LogP contribution in [0.4, 0.5) is 13.2 Å². The van der Waals surface area contributed by atoms with Crippen LogP contribution in [0, 0.1) is 17.5 Å². The first-order valence-electron chi connectivity index (χ1n) is 5.17. The third-order valence-electron chi connectivity index (χ3n) is 2.59. The summed E-state index contributed by atoms with van der Waals surface area (Å²) in [4.78, 5) is 0. The first-order valence-corrected chi connectivity index (χ1v) is 6.34. The molecular formula is C13H7BrClF3O. The lowest BCUT2D eigenvalue weighted by Gasteiger charge is -2.14. The lowest BCUT2D eigenvalue weighted by atomic mass is 10.0. The molecule has 0 aliphatic rings. The summed E-state index contributed by atoms with van der Waals surface area (Å²) in [6, 6.07) is 5.44. The van der Waals surface area contributed by atoms with Crippen molar-refractivity contribution in [1.29, 1.82) is 0 Å². The van der Waals surface area contributed by atoms with E-state index in [1.807, 2.05) is 0 Å². The van der Waals surface area contributed by atoms with Crippen molar-refractivity contribution in [3.8, 4) is 0 Å². The van der Waals surface area contributed by atoms with E-state index in [0.29, 0.717) is 4.47 Å². The van der Waals surface area contributed by atoms with Crippen LogP contribution >= 0.6 is 27.5 Å². The molecule has 0 aromatic heterocycles. The third-order valence-corrected chi connectivity index (χ3v) is 3.41. The summed E-state index contributed by atoms with van der Waals surface area (Å²) in [5.41, 5.74) is -0.181. The molecule has 0 bridgehead atoms. The molecule has 0 spiro atoms. The number of benzene rings is 2. The molecule has 0 aliphatic heterocycles. The summed E-state index contributed by atoms with van der Waals surface area (Å²) < 4.78 is 40.3. The normalized spacial score (nSPS) is 12.5. The molecule has 0 saturated heterocycles. The van der Waals surface area contributed by atoms with Crippen LogP contribution in [0.15, 0.2) is 34.8 Å². The van der Waals surface area contributed by atoms with Crippen molar-refractivity contribution >= 4 is 27.5 Å². The summed E-state index contributed by atoms with van der Waals surface area (Å²) >= 11 is 8.87. The minimum atomic E-state index is -1.49. The van der Waals surface area contributed by atoms with E-state index in [1.54, 1.807) is 0 Å². The van der Waals surface area contributed by atoms with Crippen molar-refractivity contribution < 1.29 is 18.3 Å². The van der Waals surface area contributed by atoms with Gasteiger partial charge in [-0.2, -0.15) is 0 Å². The van der Waals surface area contributed by atoms with Gasteiger partial charge in [-0.25, -0.2) is 13.2 Å². The smallest absolute Gasteiger partial charge is 0.160 e. The zero-order chi connectivity index (χ0) is 14.2. The Labute approximate surface area is 120 Å². The molecule has 0 saturated carbocycles. The van der Waals surface area contributed by atoms with Gasteiger partial charge in [0.15, 0.2) is 11.6 Å². The number of rotatable bonds is 2. The lowest BCUT2D eigenvalue weighted by Crippen LogP contribution is -2.05. The molecule has 2 aromatic rings. The van der Waals surface area contributed by atoms with Crippen molar-refractivity contribution in [3.63, 3.8) is 0 Å². The highest BCUT2D eigenvalue weighted by Gasteiger charge is 2.20. The van der Waals surface area contributed by atoms with Gasteiger partial charge in [0.25, 0.3) is 0 Å². The van der Waals surface area contributed by atoms with Gasteiger partial charge < -0.3 is 5.11 Å². The first kappa shape index (κ1) is 14.4. The van der Waals surface area contributed by atoms with Crippen LogP contribution in [0.5, 0.6) is 0 Å². The van der Waals surface area contributed by atoms with Crippen molar-refractivity contribution in [2.24, 2.45) is 0 Å². The van der Waals surface area contributed by atoms with Gasteiger partial charge in [0.1, 0.15) is 11.9 Å². The zero-order valence-corrected chi connectivity index (χ0v) is 11.6. The van der Waals surface area contributed by atoms with Crippen LogP contribution in [-0.4, -0.2) is 5.11 Å². The predicted octanol–water partition coefficient (Wildman–Crippen LogP) is 4.60. The molecular weight excluding hydrogens is 344 g/mol. The van der Waals surface area contributed by atoms with Gasteiger partial charge >= 0.3 is 0 Å². The van der Waals surface area contributed by atoms with Gasteiger partial charge in [0.05, 0.1) is 0 Å². The maximum absolute atomic E-state index is 13.6. The minimum Gasteiger partial charge on any atom is -0.383 e. The Morgan fingerprint density at radius 1 is 0.947 bits per heavy atom. The number of hydrogen-bond acceptors (Lipinski definition) is 1. The van der Waals surface area contributed by atoms with Gasteiger partial charge in [0.2, 0.25) is 0 Å². The fourth-order valence-electron chi connectivity index (χ4n) is 1.64. The van der Waals surface area contributed by atoms with E-state index in [4.69, 9.17) is 11.6 Å². The molecule has 2 aromatic carbocycles. The zero-order valence-electron chi connectivity index (χ0n) is 9.30. The fourth-order valence-corrected chi connectivity index (χ4v) is 2.27. The molecule has 0 amide bonds. The molecule has 1 N–H and O–H groups in total. The van der Waals surface area contributed by atoms with Gasteiger partial charge in [-0.1, -0.05) is 27.5 Å². The van der Waals surface area contributed by atoms with Crippen LogP contribution in [-0.2, 0) is 0 Å². The number of halogens is 5. The second-order valence-electron chi connectivity index (χ2n) is 3.86. The predicted molar refractivity (Wildman–Crippen MR) is 69.5 cm³/mol. The van der Waals surface area contributed by atoms with E-state index < -0.39 is 23.6 Å². The Morgan fingerprint density at radius 2 is 1.58 bits per heavy atom. The largest absolute Gasteiger partial charge is 0.383 e. The lowest BCUT2D eigenvalue weighted by molar-refractivity contribution is 0.214. The second kappa shape index (κ2) is 5.53. The summed E-state index contributed by atoms with van der Waals surface area (Å²) in [5.74, 6) is -2.96. The van der Waals surface area contributed by atoms with Gasteiger partial charge in [-0.3, -0.25) is 0 Å². The Bertz CT molecular complexity index is 634. The molecule has 1 atom stereocenters. The molecule has 0 radical (unpaired) electrons. The maximum Gasteiger partial charge on any atom is 0.160 e. The number of aliphatic hydroxyl groups is 1. The molecule has 0 fully saturated rings. The summed E-state index contributed by atoms with van der Waals surface area (Å²) in [5, 5.41) is 9.88. The summed E-state index contributed by atoms with van der Waals surface area (Å²) in [6.45, 7) is 0. The highest BCUT2D eigenvalue weighted by Crippen LogP contribution is 2.32. The molecule has 0 aliphatic carbocycles. The van der Waals surface area contributed by atoms with Crippen LogP contribution in [0.25, 0.3) is 0 Å². The van der Waals surface area contributed by atoms with E-state index in [9.17, 15) is 18.3 Å². The third kappa shape index (κ3) is 2.94. The highest BCUT2D eigenvalue weighted by atomic mass is 79.9. The standard InChI is InChI=1S/C13H7BrClF3O/c14-6-1-2-10(16)8(3-6)13(19)7-4-11(17)12(18)5-9(7)15/h1-5,13,19H. The van der Waals surface area contributed by atoms with Crippen molar-refractivity contribution in [2.75, 3.05) is 0 Å². The summed E-state index contributed by atoms with van der Waals surface area (Å²) in [7, 11) is 0. The highest BCUT2D eigenvalue weighted by molar-refractivity contribution is 9.10. The Balaban J connectivity index is 2.52. The van der Waals surface area contributed by atoms with Crippen molar-refractivity contribution in [2.45, 2.75) is 6.10 Å². The monoisotopic (exact) mass is 350 g/mol. The number of aliphatic hydroxyl groups excluding tert-OH is 1. The first-order chi connectivity index (χ1) is 8.90. The maximum atomic E-state index is 13.6. The molecule has 100 valence electrons. The van der Waals surface area contributed by atoms with Crippen LogP contribution in [0.3, 0.4) is 0 Å². The molecule has 0 heterocycles. The summed E-state index contributed by atoms with van der Waals surface area (Å²) in [6.07, 6.45) is -1.49. The molecule has 1 nitrogen and oxygen atoms in total. The second-order valence-corrected chi connectivity index (χ2v) is 5.18. The SMILES string of the molecule is OC(c1cc(Br)ccc1F)c1cc(F)c(F)cc1Cl. The van der Waals surface area contributed by atoms with Gasteiger partial charge in [0, 0.05) is 20.6 Å². The van der Waals surface area contributed by atoms with E-state index in [2.05, 4.69) is 15.9 Å². The van der Waals surface area contributed by atoms with Gasteiger partial charge in [-0.15, -0.1) is 0 Å². The molecule has 2 rings (SSSR count). The molecule has 19 heavy (non-hydrogen) atoms. The van der Waals surface area contributed by atoms with E-state index in [1.165, 1.54) is 12.1 Å². The van der Waals surface area contributed by atoms with Crippen LogP contribution in [0.1, 0.15) is 17.2 Å². The van der Waals surface area contributed by atoms with Crippen LogP contribution < -0.4 is 0 Å². The average molecular weight is 352 g/mol. The quantitative estimate of drug-likeness (QED) is 0.784. The van der Waals surface area contributed by atoms with Gasteiger partial charge in [-0.05, 0) is 30.3 Å². The van der Waals surface area contributed by atoms with Crippen molar-refractivity contribution in [3.05, 3.63) is 68.4 Å². The number of hydrogen-bond donors (Lipinski definition) is 1. The van der Waals surface area contributed by atoms with E-state index >= 15 is 0 Å². The average Bonchev–Trinajstić information content (AvgIpc) is 2.36. The van der Waals surface area contributed by atoms with E-state index in [0.717, 1.165) is 18.2 Å². The topological polar surface area (TPSA) is 20.2 Å². The Morgan fingerprint density at radius 3 is 2.26 bits per heavy atom. The minimum absolute atomic E-state index is 0.0812. The Kier molecular flexibility index (Phi) is 4.18. The molecule has 1 unspecified atom stereocenters. The van der Waals surface area contributed by atoms with E-state index in [-0.39, 0.29) is 16.1 Å². The molecule has 6 heteroatoms.